The number of rotatable bonds is 5. The molecule has 1 aromatic carbocycles. The first-order valence-electron chi connectivity index (χ1n) is 8.83. The third-order valence-corrected chi connectivity index (χ3v) is 6.17. The van der Waals surface area contributed by atoms with Crippen molar-refractivity contribution < 1.29 is 19.2 Å². The number of benzene rings is 1. The first kappa shape index (κ1) is 19.6. The van der Waals surface area contributed by atoms with Crippen LogP contribution in [0.15, 0.2) is 30.3 Å². The standard InChI is InChI=1S/C20H21ClN2O3S/c1-3-23-11-10-14-16(12-23)27-19(18(14)20(25)26-2)22-17(24)9-8-13-6-4-5-7-15(13)21/h4-9H,3,10-12H2,1-2H3,(H,22,24)/p+1. The summed E-state index contributed by atoms with van der Waals surface area (Å²) >= 11 is 7.57. The van der Waals surface area contributed by atoms with Gasteiger partial charge in [0.25, 0.3) is 0 Å². The minimum atomic E-state index is -0.405. The van der Waals surface area contributed by atoms with Crippen LogP contribution >= 0.6 is 22.9 Å². The second-order valence-corrected chi connectivity index (χ2v) is 7.84. The molecule has 1 amide bonds. The number of anilines is 1. The Morgan fingerprint density at radius 1 is 1.37 bits per heavy atom. The Bertz CT molecular complexity index is 891. The van der Waals surface area contributed by atoms with Crippen LogP contribution in [-0.2, 0) is 22.5 Å². The summed E-state index contributed by atoms with van der Waals surface area (Å²) in [7, 11) is 1.36. The maximum Gasteiger partial charge on any atom is 0.341 e. The number of fused-ring (bicyclic) bond motifs is 1. The maximum atomic E-state index is 12.4. The average Bonchev–Trinajstić information content (AvgIpc) is 3.03. The van der Waals surface area contributed by atoms with E-state index in [1.807, 2.05) is 18.2 Å². The van der Waals surface area contributed by atoms with Crippen molar-refractivity contribution in [2.45, 2.75) is 19.9 Å². The molecule has 7 heteroatoms. The smallest absolute Gasteiger partial charge is 0.341 e. The van der Waals surface area contributed by atoms with Crippen molar-refractivity contribution in [3.8, 4) is 0 Å². The number of esters is 1. The van der Waals surface area contributed by atoms with Gasteiger partial charge in [-0.25, -0.2) is 4.79 Å². The van der Waals surface area contributed by atoms with Crippen molar-refractivity contribution in [2.75, 3.05) is 25.5 Å². The molecule has 2 N–H and O–H groups in total. The number of methoxy groups -OCH3 is 1. The molecule has 0 spiro atoms. The van der Waals surface area contributed by atoms with Gasteiger partial charge in [0, 0.05) is 17.5 Å². The molecule has 0 fully saturated rings. The molecule has 0 radical (unpaired) electrons. The third kappa shape index (κ3) is 4.40. The van der Waals surface area contributed by atoms with Gasteiger partial charge >= 0.3 is 5.97 Å². The summed E-state index contributed by atoms with van der Waals surface area (Å²) in [6, 6.07) is 7.29. The lowest BCUT2D eigenvalue weighted by atomic mass is 10.0. The molecule has 5 nitrogen and oxygen atoms in total. The van der Waals surface area contributed by atoms with Gasteiger partial charge in [-0.3, -0.25) is 4.79 Å². The van der Waals surface area contributed by atoms with Crippen LogP contribution in [-0.4, -0.2) is 32.1 Å². The molecule has 0 aliphatic carbocycles. The molecule has 0 bridgehead atoms. The predicted molar refractivity (Wildman–Crippen MR) is 109 cm³/mol. The van der Waals surface area contributed by atoms with Crippen molar-refractivity contribution in [3.63, 3.8) is 0 Å². The van der Waals surface area contributed by atoms with Crippen LogP contribution in [0.4, 0.5) is 5.00 Å². The van der Waals surface area contributed by atoms with E-state index in [2.05, 4.69) is 12.2 Å². The van der Waals surface area contributed by atoms with Gasteiger partial charge in [0.05, 0.1) is 30.6 Å². The Morgan fingerprint density at radius 3 is 2.85 bits per heavy atom. The van der Waals surface area contributed by atoms with Crippen LogP contribution in [0.5, 0.6) is 0 Å². The molecule has 1 atom stereocenters. The second kappa shape index (κ2) is 8.69. The van der Waals surface area contributed by atoms with E-state index >= 15 is 0 Å². The summed E-state index contributed by atoms with van der Waals surface area (Å²) in [5.74, 6) is -0.712. The number of hydrogen-bond acceptors (Lipinski definition) is 4. The van der Waals surface area contributed by atoms with Gasteiger partial charge in [0.1, 0.15) is 11.5 Å². The van der Waals surface area contributed by atoms with Crippen molar-refractivity contribution in [1.29, 1.82) is 0 Å². The highest BCUT2D eigenvalue weighted by Gasteiger charge is 2.30. The first-order chi connectivity index (χ1) is 13.0. The zero-order valence-electron chi connectivity index (χ0n) is 15.3. The number of carbonyl (C=O) groups is 2. The minimum absolute atomic E-state index is 0.307. The molecule has 1 aliphatic heterocycles. The molecule has 2 heterocycles. The SMILES string of the molecule is CC[NH+]1CCc2c(sc(NC(=O)C=Cc3ccccc3Cl)c2C(=O)OC)C1. The fraction of sp³-hybridized carbons (Fsp3) is 0.300. The van der Waals surface area contributed by atoms with Crippen LogP contribution in [0.3, 0.4) is 0 Å². The van der Waals surface area contributed by atoms with E-state index in [0.29, 0.717) is 15.6 Å². The molecule has 0 saturated heterocycles. The Kier molecular flexibility index (Phi) is 6.31. The lowest BCUT2D eigenvalue weighted by Crippen LogP contribution is -3.11. The molecule has 0 saturated carbocycles. The first-order valence-corrected chi connectivity index (χ1v) is 10.0. The summed E-state index contributed by atoms with van der Waals surface area (Å²) in [6.07, 6.45) is 3.89. The van der Waals surface area contributed by atoms with Crippen molar-refractivity contribution in [1.82, 2.24) is 0 Å². The third-order valence-electron chi connectivity index (χ3n) is 4.68. The highest BCUT2D eigenvalue weighted by atomic mass is 35.5. The number of amides is 1. The maximum absolute atomic E-state index is 12.4. The zero-order valence-corrected chi connectivity index (χ0v) is 16.9. The molecule has 1 aromatic heterocycles. The number of ether oxygens (including phenoxy) is 1. The number of hydrogen-bond donors (Lipinski definition) is 2. The zero-order chi connectivity index (χ0) is 19.4. The van der Waals surface area contributed by atoms with E-state index in [1.165, 1.54) is 29.4 Å². The van der Waals surface area contributed by atoms with Crippen LogP contribution in [0.25, 0.3) is 6.08 Å². The van der Waals surface area contributed by atoms with Crippen molar-refractivity contribution in [3.05, 3.63) is 56.9 Å². The normalized spacial score (nSPS) is 16.2. The lowest BCUT2D eigenvalue weighted by molar-refractivity contribution is -0.913. The summed E-state index contributed by atoms with van der Waals surface area (Å²) < 4.78 is 4.96. The van der Waals surface area contributed by atoms with E-state index in [1.54, 1.807) is 12.1 Å². The second-order valence-electron chi connectivity index (χ2n) is 6.32. The van der Waals surface area contributed by atoms with Gasteiger partial charge in [-0.2, -0.15) is 0 Å². The van der Waals surface area contributed by atoms with Crippen LogP contribution in [0, 0.1) is 0 Å². The summed E-state index contributed by atoms with van der Waals surface area (Å²) in [4.78, 5) is 27.3. The van der Waals surface area contributed by atoms with Gasteiger partial charge in [-0.1, -0.05) is 29.8 Å². The molecular weight excluding hydrogens is 384 g/mol. The Hall–Kier alpha value is -2.15. The molecule has 3 rings (SSSR count). The minimum Gasteiger partial charge on any atom is -0.465 e. The largest absolute Gasteiger partial charge is 0.465 e. The van der Waals surface area contributed by atoms with Gasteiger partial charge in [-0.05, 0) is 30.2 Å². The molecular formula is C20H22ClN2O3S+. The quantitative estimate of drug-likeness (QED) is 0.594. The Balaban J connectivity index is 1.83. The van der Waals surface area contributed by atoms with Gasteiger partial charge in [-0.15, -0.1) is 11.3 Å². The van der Waals surface area contributed by atoms with Crippen LogP contribution in [0.2, 0.25) is 5.02 Å². The molecule has 27 heavy (non-hydrogen) atoms. The van der Waals surface area contributed by atoms with Gasteiger partial charge < -0.3 is 15.0 Å². The van der Waals surface area contributed by atoms with Crippen molar-refractivity contribution in [2.24, 2.45) is 0 Å². The summed E-state index contributed by atoms with van der Waals surface area (Å²) in [5.41, 5.74) is 2.26. The number of thiophene rings is 1. The topological polar surface area (TPSA) is 59.8 Å². The summed E-state index contributed by atoms with van der Waals surface area (Å²) in [5, 5.41) is 3.97. The highest BCUT2D eigenvalue weighted by molar-refractivity contribution is 7.17. The van der Waals surface area contributed by atoms with E-state index in [0.717, 1.165) is 42.1 Å². The molecule has 142 valence electrons. The lowest BCUT2D eigenvalue weighted by Gasteiger charge is -2.22. The Labute approximate surface area is 167 Å². The number of likely N-dealkylation sites (N-methyl/N-ethyl adjacent to an activating group) is 1. The highest BCUT2D eigenvalue weighted by Crippen LogP contribution is 2.35. The average molecular weight is 406 g/mol. The monoisotopic (exact) mass is 405 g/mol. The molecule has 1 unspecified atom stereocenters. The number of halogens is 1. The van der Waals surface area contributed by atoms with E-state index in [9.17, 15) is 9.59 Å². The van der Waals surface area contributed by atoms with E-state index < -0.39 is 5.97 Å². The van der Waals surface area contributed by atoms with Crippen molar-refractivity contribution >= 4 is 45.9 Å². The predicted octanol–water partition coefficient (Wildman–Crippen LogP) is 2.80. The summed E-state index contributed by atoms with van der Waals surface area (Å²) in [6.45, 7) is 5.03. The fourth-order valence-corrected chi connectivity index (χ4v) is 4.68. The van der Waals surface area contributed by atoms with E-state index in [-0.39, 0.29) is 5.91 Å². The van der Waals surface area contributed by atoms with Crippen LogP contribution in [0.1, 0.15) is 33.3 Å². The van der Waals surface area contributed by atoms with Gasteiger partial charge in [0.15, 0.2) is 0 Å². The molecule has 2 aromatic rings. The number of carbonyl (C=O) groups excluding carboxylic acids is 2. The number of nitrogens with one attached hydrogen (secondary N) is 2. The van der Waals surface area contributed by atoms with Gasteiger partial charge in [0.2, 0.25) is 5.91 Å². The Morgan fingerprint density at radius 2 is 2.15 bits per heavy atom. The number of quaternary nitrogens is 1. The molecule has 1 aliphatic rings. The van der Waals surface area contributed by atoms with E-state index in [4.69, 9.17) is 16.3 Å². The fourth-order valence-electron chi connectivity index (χ4n) is 3.17. The van der Waals surface area contributed by atoms with Crippen LogP contribution < -0.4 is 10.2 Å².